The molecule has 1 unspecified atom stereocenters. The Hall–Kier alpha value is -0.840. The van der Waals surface area contributed by atoms with E-state index in [4.69, 9.17) is 0 Å². The largest absolute Gasteiger partial charge is 0.355 e. The second kappa shape index (κ2) is 4.35. The maximum atomic E-state index is 11.4. The molecular formula is C10H14BrN3O. The Labute approximate surface area is 96.8 Å². The fraction of sp³-hybridized carbons (Fsp3) is 0.600. The van der Waals surface area contributed by atoms with Crippen LogP contribution in [0.25, 0.3) is 0 Å². The molecule has 5 heteroatoms. The number of aromatic nitrogens is 2. The van der Waals surface area contributed by atoms with Gasteiger partial charge in [0.15, 0.2) is 0 Å². The molecule has 0 spiro atoms. The summed E-state index contributed by atoms with van der Waals surface area (Å²) in [5, 5.41) is 0. The lowest BCUT2D eigenvalue weighted by Gasteiger charge is -2.32. The minimum atomic E-state index is -0.113. The first-order chi connectivity index (χ1) is 7.18. The maximum absolute atomic E-state index is 11.4. The van der Waals surface area contributed by atoms with Crippen molar-refractivity contribution in [2.45, 2.75) is 19.8 Å². The second-order valence-electron chi connectivity index (χ2n) is 4.06. The van der Waals surface area contributed by atoms with Crippen LogP contribution in [0.3, 0.4) is 0 Å². The molecule has 0 aliphatic carbocycles. The molecule has 2 heterocycles. The first-order valence-electron chi connectivity index (χ1n) is 5.16. The highest BCUT2D eigenvalue weighted by Gasteiger charge is 2.20. The number of H-pyrrole nitrogens is 1. The molecule has 0 amide bonds. The van der Waals surface area contributed by atoms with Crippen molar-refractivity contribution in [2.24, 2.45) is 5.92 Å². The van der Waals surface area contributed by atoms with Gasteiger partial charge in [-0.2, -0.15) is 0 Å². The first-order valence-corrected chi connectivity index (χ1v) is 5.96. The zero-order valence-corrected chi connectivity index (χ0v) is 10.2. The van der Waals surface area contributed by atoms with E-state index < -0.39 is 0 Å². The molecular weight excluding hydrogens is 258 g/mol. The van der Waals surface area contributed by atoms with Gasteiger partial charge in [0.1, 0.15) is 10.3 Å². The Morgan fingerprint density at radius 3 is 3.20 bits per heavy atom. The highest BCUT2D eigenvalue weighted by atomic mass is 79.9. The molecule has 1 N–H and O–H groups in total. The molecule has 1 aromatic rings. The van der Waals surface area contributed by atoms with Crippen LogP contribution in [0.1, 0.15) is 19.8 Å². The van der Waals surface area contributed by atoms with Gasteiger partial charge in [-0.05, 0) is 34.7 Å². The number of hydrogen-bond acceptors (Lipinski definition) is 3. The Kier molecular flexibility index (Phi) is 3.09. The first kappa shape index (κ1) is 10.7. The number of piperidine rings is 1. The van der Waals surface area contributed by atoms with E-state index in [1.54, 1.807) is 0 Å². The van der Waals surface area contributed by atoms with Gasteiger partial charge in [0.05, 0.1) is 6.33 Å². The van der Waals surface area contributed by atoms with Crippen molar-refractivity contribution in [3.8, 4) is 0 Å². The number of hydrogen-bond donors (Lipinski definition) is 1. The van der Waals surface area contributed by atoms with Gasteiger partial charge in [-0.3, -0.25) is 4.79 Å². The summed E-state index contributed by atoms with van der Waals surface area (Å²) >= 11 is 3.29. The van der Waals surface area contributed by atoms with Gasteiger partial charge in [-0.25, -0.2) is 4.98 Å². The van der Waals surface area contributed by atoms with Crippen molar-refractivity contribution in [3.05, 3.63) is 21.2 Å². The summed E-state index contributed by atoms with van der Waals surface area (Å²) in [7, 11) is 0. The summed E-state index contributed by atoms with van der Waals surface area (Å²) < 4.78 is 0.541. The fourth-order valence-corrected chi connectivity index (χ4v) is 2.44. The standard InChI is InChI=1S/C10H14BrN3O/c1-7-3-2-4-14(5-7)9-8(11)10(15)13-6-12-9/h6-7H,2-5H2,1H3,(H,12,13,15). The molecule has 0 aromatic carbocycles. The van der Waals surface area contributed by atoms with Gasteiger partial charge in [0.2, 0.25) is 0 Å². The number of halogens is 1. The molecule has 0 bridgehead atoms. The van der Waals surface area contributed by atoms with Crippen LogP contribution < -0.4 is 10.5 Å². The van der Waals surface area contributed by atoms with Crippen molar-refractivity contribution in [2.75, 3.05) is 18.0 Å². The van der Waals surface area contributed by atoms with Gasteiger partial charge in [0, 0.05) is 13.1 Å². The van der Waals surface area contributed by atoms with Gasteiger partial charge < -0.3 is 9.88 Å². The van der Waals surface area contributed by atoms with Crippen LogP contribution in [0.5, 0.6) is 0 Å². The number of rotatable bonds is 1. The number of nitrogens with one attached hydrogen (secondary N) is 1. The Morgan fingerprint density at radius 1 is 1.67 bits per heavy atom. The molecule has 1 aliphatic heterocycles. The molecule has 1 fully saturated rings. The van der Waals surface area contributed by atoms with Crippen LogP contribution >= 0.6 is 15.9 Å². The molecule has 82 valence electrons. The lowest BCUT2D eigenvalue weighted by atomic mass is 10.0. The zero-order valence-electron chi connectivity index (χ0n) is 8.66. The van der Waals surface area contributed by atoms with Crippen LogP contribution in [0.2, 0.25) is 0 Å². The summed E-state index contributed by atoms with van der Waals surface area (Å²) in [6.07, 6.45) is 3.89. The Balaban J connectivity index is 2.28. The predicted octanol–water partition coefficient (Wildman–Crippen LogP) is 1.77. The molecule has 0 radical (unpaired) electrons. The summed E-state index contributed by atoms with van der Waals surface area (Å²) in [6.45, 7) is 4.20. The van der Waals surface area contributed by atoms with E-state index in [0.717, 1.165) is 18.9 Å². The Bertz CT molecular complexity index is 404. The lowest BCUT2D eigenvalue weighted by molar-refractivity contribution is 0.444. The van der Waals surface area contributed by atoms with Crippen LogP contribution in [0, 0.1) is 5.92 Å². The molecule has 2 rings (SSSR count). The predicted molar refractivity (Wildman–Crippen MR) is 63.2 cm³/mol. The van der Waals surface area contributed by atoms with Crippen LogP contribution in [0.4, 0.5) is 5.82 Å². The summed E-state index contributed by atoms with van der Waals surface area (Å²) in [5.74, 6) is 1.44. The summed E-state index contributed by atoms with van der Waals surface area (Å²) in [5.41, 5.74) is -0.113. The van der Waals surface area contributed by atoms with E-state index >= 15 is 0 Å². The number of aromatic amines is 1. The molecule has 15 heavy (non-hydrogen) atoms. The third-order valence-electron chi connectivity index (χ3n) is 2.73. The fourth-order valence-electron chi connectivity index (χ4n) is 1.98. The van der Waals surface area contributed by atoms with Gasteiger partial charge in [-0.15, -0.1) is 0 Å². The second-order valence-corrected chi connectivity index (χ2v) is 4.86. The van der Waals surface area contributed by atoms with E-state index in [1.165, 1.54) is 19.2 Å². The average molecular weight is 272 g/mol. The van der Waals surface area contributed by atoms with E-state index in [9.17, 15) is 4.79 Å². The van der Waals surface area contributed by atoms with E-state index in [-0.39, 0.29) is 5.56 Å². The van der Waals surface area contributed by atoms with Crippen molar-refractivity contribution >= 4 is 21.7 Å². The van der Waals surface area contributed by atoms with E-state index in [0.29, 0.717) is 10.4 Å². The molecule has 1 aromatic heterocycles. The summed E-state index contributed by atoms with van der Waals surface area (Å²) in [6, 6.07) is 0. The van der Waals surface area contributed by atoms with Gasteiger partial charge >= 0.3 is 0 Å². The average Bonchev–Trinajstić information content (AvgIpc) is 2.22. The van der Waals surface area contributed by atoms with Crippen LogP contribution in [-0.4, -0.2) is 23.1 Å². The van der Waals surface area contributed by atoms with Gasteiger partial charge in [0.25, 0.3) is 5.56 Å². The smallest absolute Gasteiger partial charge is 0.267 e. The SMILES string of the molecule is CC1CCCN(c2nc[nH]c(=O)c2Br)C1. The normalized spacial score (nSPS) is 21.7. The van der Waals surface area contributed by atoms with Crippen molar-refractivity contribution in [3.63, 3.8) is 0 Å². The van der Waals surface area contributed by atoms with E-state index in [1.807, 2.05) is 0 Å². The third-order valence-corrected chi connectivity index (χ3v) is 3.45. The van der Waals surface area contributed by atoms with E-state index in [2.05, 4.69) is 37.7 Å². The van der Waals surface area contributed by atoms with Crippen molar-refractivity contribution in [1.29, 1.82) is 0 Å². The minimum Gasteiger partial charge on any atom is -0.355 e. The maximum Gasteiger partial charge on any atom is 0.267 e. The molecule has 1 aliphatic rings. The molecule has 1 atom stereocenters. The molecule has 4 nitrogen and oxygen atoms in total. The van der Waals surface area contributed by atoms with Crippen LogP contribution in [-0.2, 0) is 0 Å². The van der Waals surface area contributed by atoms with Crippen LogP contribution in [0.15, 0.2) is 15.6 Å². The Morgan fingerprint density at radius 2 is 2.47 bits per heavy atom. The minimum absolute atomic E-state index is 0.113. The topological polar surface area (TPSA) is 49.0 Å². The number of anilines is 1. The highest BCUT2D eigenvalue weighted by molar-refractivity contribution is 9.10. The highest BCUT2D eigenvalue weighted by Crippen LogP contribution is 2.24. The quantitative estimate of drug-likeness (QED) is 0.847. The third kappa shape index (κ3) is 2.22. The lowest BCUT2D eigenvalue weighted by Crippen LogP contribution is -2.36. The zero-order chi connectivity index (χ0) is 10.8. The van der Waals surface area contributed by atoms with Gasteiger partial charge in [-0.1, -0.05) is 6.92 Å². The van der Waals surface area contributed by atoms with Crippen molar-refractivity contribution in [1.82, 2.24) is 9.97 Å². The molecule has 1 saturated heterocycles. The summed E-state index contributed by atoms with van der Waals surface area (Å²) in [4.78, 5) is 20.3. The monoisotopic (exact) mass is 271 g/mol. The molecule has 0 saturated carbocycles. The van der Waals surface area contributed by atoms with Crippen molar-refractivity contribution < 1.29 is 0 Å². The number of nitrogens with zero attached hydrogens (tertiary/aromatic N) is 2.